The lowest BCUT2D eigenvalue weighted by molar-refractivity contribution is -0.147. The molecule has 4 aromatic rings. The van der Waals surface area contributed by atoms with Crippen LogP contribution in [0, 0.1) is 6.92 Å². The summed E-state index contributed by atoms with van der Waals surface area (Å²) >= 11 is 0. The molecule has 1 aromatic heterocycles. The second-order valence-electron chi connectivity index (χ2n) is 9.52. The van der Waals surface area contributed by atoms with Crippen molar-refractivity contribution in [3.63, 3.8) is 0 Å². The minimum Gasteiger partial charge on any atom is -0.496 e. The first-order valence-electron chi connectivity index (χ1n) is 12.4. The fourth-order valence-corrected chi connectivity index (χ4v) is 5.83. The lowest BCUT2D eigenvalue weighted by Crippen LogP contribution is -2.59. The zero-order chi connectivity index (χ0) is 26.9. The second-order valence-corrected chi connectivity index (χ2v) is 9.52. The van der Waals surface area contributed by atoms with Gasteiger partial charge in [0.2, 0.25) is 0 Å². The Hall–Kier alpha value is -3.98. The molecule has 38 heavy (non-hydrogen) atoms. The van der Waals surface area contributed by atoms with E-state index in [0.717, 1.165) is 11.1 Å². The molecule has 0 radical (unpaired) electrons. The van der Waals surface area contributed by atoms with Crippen molar-refractivity contribution in [3.05, 3.63) is 134 Å². The number of hydrogen-bond acceptors (Lipinski definition) is 6. The van der Waals surface area contributed by atoms with Gasteiger partial charge in [-0.1, -0.05) is 78.9 Å². The quantitative estimate of drug-likeness (QED) is 0.327. The number of benzene rings is 3. The third kappa shape index (κ3) is 3.80. The van der Waals surface area contributed by atoms with Crippen LogP contribution in [0.25, 0.3) is 0 Å². The zero-order valence-electron chi connectivity index (χ0n) is 21.2. The van der Waals surface area contributed by atoms with E-state index in [1.54, 1.807) is 14.0 Å². The Kier molecular flexibility index (Phi) is 6.79. The lowest BCUT2D eigenvalue weighted by Gasteiger charge is -2.50. The standard InChI is InChI=1S/C30H30N2O6/c1-20-18-32(28(36)31-27(20)35)29(17-24(34)26(19-33)38-29)30(21-11-5-3-6-12-21,22-13-7-4-8-14-22)23-15-9-10-16-25(23)37-2/h3-16,18,24,26,33-34H,17,19H2,1-2H3,(H,31,35,36)/t24-,26+,29-/m0/s1. The molecule has 8 nitrogen and oxygen atoms in total. The number of hydrogen-bond donors (Lipinski definition) is 3. The predicted octanol–water partition coefficient (Wildman–Crippen LogP) is 2.68. The number of aromatic nitrogens is 2. The Balaban J connectivity index is 2.05. The van der Waals surface area contributed by atoms with Gasteiger partial charge in [0.05, 0.1) is 25.2 Å². The van der Waals surface area contributed by atoms with Gasteiger partial charge in [-0.2, -0.15) is 0 Å². The van der Waals surface area contributed by atoms with Crippen LogP contribution in [0.3, 0.4) is 0 Å². The third-order valence-electron chi connectivity index (χ3n) is 7.46. The molecule has 1 aliphatic heterocycles. The van der Waals surface area contributed by atoms with E-state index < -0.39 is 41.2 Å². The number of para-hydroxylation sites is 1. The molecule has 3 N–H and O–H groups in total. The van der Waals surface area contributed by atoms with Crippen LogP contribution < -0.4 is 16.0 Å². The number of rotatable bonds is 7. The predicted molar refractivity (Wildman–Crippen MR) is 142 cm³/mol. The fraction of sp³-hybridized carbons (Fsp3) is 0.267. The maximum atomic E-state index is 13.6. The van der Waals surface area contributed by atoms with Crippen molar-refractivity contribution in [3.8, 4) is 5.75 Å². The normalized spacial score (nSPS) is 21.4. The molecule has 3 aromatic carbocycles. The summed E-state index contributed by atoms with van der Waals surface area (Å²) in [5.41, 5.74) is -1.64. The minimum atomic E-state index is -1.64. The highest BCUT2D eigenvalue weighted by Crippen LogP contribution is 2.58. The lowest BCUT2D eigenvalue weighted by atomic mass is 9.61. The molecule has 0 bridgehead atoms. The van der Waals surface area contributed by atoms with Gasteiger partial charge in [0, 0.05) is 23.7 Å². The van der Waals surface area contributed by atoms with Gasteiger partial charge in [0.15, 0.2) is 5.72 Å². The molecule has 0 saturated carbocycles. The third-order valence-corrected chi connectivity index (χ3v) is 7.46. The van der Waals surface area contributed by atoms with Crippen LogP contribution in [0.2, 0.25) is 0 Å². The van der Waals surface area contributed by atoms with Crippen LogP contribution in [0.5, 0.6) is 5.75 Å². The first-order valence-corrected chi connectivity index (χ1v) is 12.4. The molecule has 1 aliphatic rings. The molecule has 8 heteroatoms. The Labute approximate surface area is 219 Å². The molecule has 0 spiro atoms. The van der Waals surface area contributed by atoms with Gasteiger partial charge >= 0.3 is 5.69 Å². The summed E-state index contributed by atoms with van der Waals surface area (Å²) < 4.78 is 13.9. The highest BCUT2D eigenvalue weighted by atomic mass is 16.6. The SMILES string of the molecule is COc1ccccc1C(c1ccccc1)(c1ccccc1)[C@]1(n2cc(C)c(=O)[nH]c2=O)C[C@H](O)[C@@H](CO)O1. The van der Waals surface area contributed by atoms with E-state index in [0.29, 0.717) is 16.9 Å². The summed E-state index contributed by atoms with van der Waals surface area (Å²) in [5.74, 6) is 0.541. The van der Waals surface area contributed by atoms with Gasteiger partial charge in [-0.25, -0.2) is 4.79 Å². The van der Waals surface area contributed by atoms with Crippen molar-refractivity contribution >= 4 is 0 Å². The highest BCUT2D eigenvalue weighted by molar-refractivity contribution is 5.58. The average Bonchev–Trinajstić information content (AvgIpc) is 3.29. The number of aliphatic hydroxyl groups is 2. The van der Waals surface area contributed by atoms with Crippen LogP contribution in [-0.2, 0) is 15.9 Å². The second kappa shape index (κ2) is 10.1. The Morgan fingerprint density at radius 3 is 2.13 bits per heavy atom. The van der Waals surface area contributed by atoms with Crippen LogP contribution in [0.1, 0.15) is 28.7 Å². The van der Waals surface area contributed by atoms with Gasteiger partial charge in [-0.15, -0.1) is 0 Å². The number of nitrogens with one attached hydrogen (secondary N) is 1. The van der Waals surface area contributed by atoms with E-state index in [2.05, 4.69) is 4.98 Å². The van der Waals surface area contributed by atoms with Crippen LogP contribution in [-0.4, -0.2) is 45.7 Å². The fourth-order valence-electron chi connectivity index (χ4n) is 5.83. The molecule has 0 unspecified atom stereocenters. The molecule has 2 heterocycles. The molecule has 3 atom stereocenters. The Bertz CT molecular complexity index is 1490. The highest BCUT2D eigenvalue weighted by Gasteiger charge is 2.64. The van der Waals surface area contributed by atoms with Gasteiger partial charge in [-0.05, 0) is 24.1 Å². The molecule has 0 amide bonds. The van der Waals surface area contributed by atoms with Gasteiger partial charge in [0.25, 0.3) is 5.56 Å². The largest absolute Gasteiger partial charge is 0.496 e. The number of aryl methyl sites for hydroxylation is 1. The maximum Gasteiger partial charge on any atom is 0.330 e. The smallest absolute Gasteiger partial charge is 0.330 e. The van der Waals surface area contributed by atoms with Crippen molar-refractivity contribution in [1.29, 1.82) is 0 Å². The Morgan fingerprint density at radius 1 is 1.00 bits per heavy atom. The van der Waals surface area contributed by atoms with E-state index in [1.807, 2.05) is 84.9 Å². The molecule has 1 fully saturated rings. The van der Waals surface area contributed by atoms with E-state index >= 15 is 0 Å². The van der Waals surface area contributed by atoms with Crippen molar-refractivity contribution in [2.75, 3.05) is 13.7 Å². The van der Waals surface area contributed by atoms with Crippen LogP contribution in [0.15, 0.2) is 101 Å². The topological polar surface area (TPSA) is 114 Å². The summed E-state index contributed by atoms with van der Waals surface area (Å²) in [6.45, 7) is 1.14. The molecule has 0 aliphatic carbocycles. The van der Waals surface area contributed by atoms with Gasteiger partial charge in [-0.3, -0.25) is 14.3 Å². The van der Waals surface area contributed by atoms with E-state index in [1.165, 1.54) is 10.8 Å². The van der Waals surface area contributed by atoms with E-state index in [-0.39, 0.29) is 6.42 Å². The molecule has 196 valence electrons. The molecule has 5 rings (SSSR count). The number of aliphatic hydroxyl groups excluding tert-OH is 2. The summed E-state index contributed by atoms with van der Waals surface area (Å²) in [6, 6.07) is 26.6. The number of aromatic amines is 1. The van der Waals surface area contributed by atoms with Crippen molar-refractivity contribution in [2.24, 2.45) is 0 Å². The summed E-state index contributed by atoms with van der Waals surface area (Å²) in [5, 5.41) is 21.4. The van der Waals surface area contributed by atoms with E-state index in [9.17, 15) is 19.8 Å². The van der Waals surface area contributed by atoms with Gasteiger partial charge < -0.3 is 19.7 Å². The van der Waals surface area contributed by atoms with E-state index in [4.69, 9.17) is 9.47 Å². The van der Waals surface area contributed by atoms with Crippen molar-refractivity contribution in [1.82, 2.24) is 9.55 Å². The summed E-state index contributed by atoms with van der Waals surface area (Å²) in [7, 11) is 1.57. The maximum absolute atomic E-state index is 13.6. The number of methoxy groups -OCH3 is 1. The summed E-state index contributed by atoms with van der Waals surface area (Å²) in [6.07, 6.45) is -0.703. The molecular formula is C30H30N2O6. The molecule has 1 saturated heterocycles. The van der Waals surface area contributed by atoms with Crippen molar-refractivity contribution < 1.29 is 19.7 Å². The molecular weight excluding hydrogens is 484 g/mol. The zero-order valence-corrected chi connectivity index (χ0v) is 21.2. The summed E-state index contributed by atoms with van der Waals surface area (Å²) in [4.78, 5) is 28.5. The average molecular weight is 515 g/mol. The van der Waals surface area contributed by atoms with Crippen LogP contribution >= 0.6 is 0 Å². The number of ether oxygens (including phenoxy) is 2. The van der Waals surface area contributed by atoms with Gasteiger partial charge in [0.1, 0.15) is 11.9 Å². The number of nitrogens with zero attached hydrogens (tertiary/aromatic N) is 1. The van der Waals surface area contributed by atoms with Crippen LogP contribution in [0.4, 0.5) is 0 Å². The minimum absolute atomic E-state index is 0.0640. The monoisotopic (exact) mass is 514 g/mol. The first kappa shape index (κ1) is 25.7. The van der Waals surface area contributed by atoms with Crippen molar-refractivity contribution in [2.45, 2.75) is 36.7 Å². The first-order chi connectivity index (χ1) is 18.4. The Morgan fingerprint density at radius 2 is 1.58 bits per heavy atom. The number of H-pyrrole nitrogens is 1.